The van der Waals surface area contributed by atoms with E-state index in [1.54, 1.807) is 0 Å². The summed E-state index contributed by atoms with van der Waals surface area (Å²) >= 11 is 1.86. The number of para-hydroxylation sites is 1. The lowest BCUT2D eigenvalue weighted by molar-refractivity contribution is 0.324. The SMILES string of the molecule is CN(CCc1cccs1)CC1Cc2ccccc2N1. The van der Waals surface area contributed by atoms with Crippen LogP contribution in [-0.4, -0.2) is 31.1 Å². The maximum Gasteiger partial charge on any atom is 0.0429 e. The standard InChI is InChI=1S/C16H20N2S/c1-18(9-8-15-6-4-10-19-15)12-14-11-13-5-2-3-7-16(13)17-14/h2-7,10,14,17H,8-9,11-12H2,1H3. The molecule has 0 amide bonds. The average molecular weight is 272 g/mol. The minimum Gasteiger partial charge on any atom is -0.380 e. The van der Waals surface area contributed by atoms with Gasteiger partial charge in [-0.1, -0.05) is 24.3 Å². The monoisotopic (exact) mass is 272 g/mol. The van der Waals surface area contributed by atoms with E-state index in [1.165, 1.54) is 16.1 Å². The largest absolute Gasteiger partial charge is 0.380 e. The second kappa shape index (κ2) is 5.76. The third-order valence-corrected chi connectivity index (χ3v) is 4.63. The Morgan fingerprint density at radius 3 is 2.95 bits per heavy atom. The average Bonchev–Trinajstić information content (AvgIpc) is 3.04. The van der Waals surface area contributed by atoms with Crippen molar-refractivity contribution in [2.75, 3.05) is 25.5 Å². The first-order valence-corrected chi connectivity index (χ1v) is 7.74. The summed E-state index contributed by atoms with van der Waals surface area (Å²) in [6, 6.07) is 13.6. The predicted octanol–water partition coefficient (Wildman–Crippen LogP) is 3.26. The molecule has 1 aromatic heterocycles. The molecule has 2 aromatic rings. The number of anilines is 1. The van der Waals surface area contributed by atoms with E-state index in [0.717, 1.165) is 25.9 Å². The molecule has 100 valence electrons. The molecule has 0 radical (unpaired) electrons. The molecule has 3 rings (SSSR count). The van der Waals surface area contributed by atoms with Crippen molar-refractivity contribution >= 4 is 17.0 Å². The van der Waals surface area contributed by atoms with Gasteiger partial charge in [-0.05, 0) is 43.0 Å². The summed E-state index contributed by atoms with van der Waals surface area (Å²) in [6.07, 6.45) is 2.31. The van der Waals surface area contributed by atoms with Crippen LogP contribution < -0.4 is 5.32 Å². The number of nitrogens with zero attached hydrogens (tertiary/aromatic N) is 1. The lowest BCUT2D eigenvalue weighted by Crippen LogP contribution is -2.34. The van der Waals surface area contributed by atoms with Crippen molar-refractivity contribution < 1.29 is 0 Å². The van der Waals surface area contributed by atoms with E-state index in [2.05, 4.69) is 59.0 Å². The predicted molar refractivity (Wildman–Crippen MR) is 83.1 cm³/mol. The van der Waals surface area contributed by atoms with E-state index >= 15 is 0 Å². The number of hydrogen-bond acceptors (Lipinski definition) is 3. The van der Waals surface area contributed by atoms with Crippen LogP contribution in [0, 0.1) is 0 Å². The second-order valence-corrected chi connectivity index (χ2v) is 6.33. The minimum atomic E-state index is 0.561. The fourth-order valence-electron chi connectivity index (χ4n) is 2.71. The molecular formula is C16H20N2S. The molecule has 2 nitrogen and oxygen atoms in total. The maximum atomic E-state index is 3.62. The van der Waals surface area contributed by atoms with Gasteiger partial charge in [-0.3, -0.25) is 0 Å². The zero-order chi connectivity index (χ0) is 13.1. The van der Waals surface area contributed by atoms with Gasteiger partial charge in [-0.2, -0.15) is 0 Å². The van der Waals surface area contributed by atoms with Gasteiger partial charge in [0.15, 0.2) is 0 Å². The van der Waals surface area contributed by atoms with Gasteiger partial charge in [0.2, 0.25) is 0 Å². The van der Waals surface area contributed by atoms with Crippen LogP contribution >= 0.6 is 11.3 Å². The Hall–Kier alpha value is -1.32. The Balaban J connectivity index is 1.48. The van der Waals surface area contributed by atoms with Crippen LogP contribution in [-0.2, 0) is 12.8 Å². The van der Waals surface area contributed by atoms with Crippen LogP contribution in [0.2, 0.25) is 0 Å². The van der Waals surface area contributed by atoms with E-state index < -0.39 is 0 Å². The van der Waals surface area contributed by atoms with E-state index in [0.29, 0.717) is 6.04 Å². The number of likely N-dealkylation sites (N-methyl/N-ethyl adjacent to an activating group) is 1. The first kappa shape index (κ1) is 12.7. The van der Waals surface area contributed by atoms with Gasteiger partial charge in [0.25, 0.3) is 0 Å². The molecule has 0 spiro atoms. The van der Waals surface area contributed by atoms with Crippen LogP contribution in [0.4, 0.5) is 5.69 Å². The van der Waals surface area contributed by atoms with Crippen molar-refractivity contribution in [3.8, 4) is 0 Å². The second-order valence-electron chi connectivity index (χ2n) is 5.29. The summed E-state index contributed by atoms with van der Waals surface area (Å²) in [6.45, 7) is 2.25. The number of hydrogen-bond donors (Lipinski definition) is 1. The summed E-state index contributed by atoms with van der Waals surface area (Å²) < 4.78 is 0. The summed E-state index contributed by atoms with van der Waals surface area (Å²) in [5.74, 6) is 0. The quantitative estimate of drug-likeness (QED) is 0.899. The van der Waals surface area contributed by atoms with Crippen LogP contribution in [0.15, 0.2) is 41.8 Å². The van der Waals surface area contributed by atoms with Crippen LogP contribution in [0.25, 0.3) is 0 Å². The van der Waals surface area contributed by atoms with Gasteiger partial charge < -0.3 is 10.2 Å². The van der Waals surface area contributed by atoms with Gasteiger partial charge in [-0.25, -0.2) is 0 Å². The van der Waals surface area contributed by atoms with Crippen molar-refractivity contribution in [2.24, 2.45) is 0 Å². The molecule has 19 heavy (non-hydrogen) atoms. The number of rotatable bonds is 5. The first-order chi connectivity index (χ1) is 9.31. The Morgan fingerprint density at radius 1 is 1.26 bits per heavy atom. The third kappa shape index (κ3) is 3.17. The molecule has 1 aliphatic heterocycles. The van der Waals surface area contributed by atoms with Gasteiger partial charge in [0, 0.05) is 29.7 Å². The van der Waals surface area contributed by atoms with E-state index in [-0.39, 0.29) is 0 Å². The highest BCUT2D eigenvalue weighted by molar-refractivity contribution is 7.09. The fourth-order valence-corrected chi connectivity index (χ4v) is 3.41. The molecule has 0 aliphatic carbocycles. The molecule has 1 atom stereocenters. The molecule has 0 bridgehead atoms. The number of nitrogens with one attached hydrogen (secondary N) is 1. The van der Waals surface area contributed by atoms with E-state index in [9.17, 15) is 0 Å². The number of fused-ring (bicyclic) bond motifs is 1. The Morgan fingerprint density at radius 2 is 2.16 bits per heavy atom. The summed E-state index contributed by atoms with van der Waals surface area (Å²) in [5.41, 5.74) is 2.78. The third-order valence-electron chi connectivity index (χ3n) is 3.70. The zero-order valence-electron chi connectivity index (χ0n) is 11.3. The Bertz CT molecular complexity index is 496. The Labute approximate surface area is 119 Å². The summed E-state index contributed by atoms with van der Waals surface area (Å²) in [4.78, 5) is 3.91. The molecule has 1 N–H and O–H groups in total. The van der Waals surface area contributed by atoms with Crippen molar-refractivity contribution in [2.45, 2.75) is 18.9 Å². The molecular weight excluding hydrogens is 252 g/mol. The Kier molecular flexibility index (Phi) is 3.85. The molecule has 1 unspecified atom stereocenters. The van der Waals surface area contributed by atoms with Gasteiger partial charge >= 0.3 is 0 Å². The number of thiophene rings is 1. The molecule has 0 saturated carbocycles. The molecule has 0 saturated heterocycles. The topological polar surface area (TPSA) is 15.3 Å². The molecule has 0 fully saturated rings. The highest BCUT2D eigenvalue weighted by atomic mass is 32.1. The fraction of sp³-hybridized carbons (Fsp3) is 0.375. The highest BCUT2D eigenvalue weighted by Gasteiger charge is 2.20. The normalized spacial score (nSPS) is 17.5. The van der Waals surface area contributed by atoms with Gasteiger partial charge in [-0.15, -0.1) is 11.3 Å². The van der Waals surface area contributed by atoms with Crippen molar-refractivity contribution in [3.05, 3.63) is 52.2 Å². The highest BCUT2D eigenvalue weighted by Crippen LogP contribution is 2.25. The molecule has 1 aromatic carbocycles. The molecule has 1 aliphatic rings. The van der Waals surface area contributed by atoms with Crippen molar-refractivity contribution in [1.29, 1.82) is 0 Å². The van der Waals surface area contributed by atoms with E-state index in [1.807, 2.05) is 11.3 Å². The van der Waals surface area contributed by atoms with Crippen LogP contribution in [0.1, 0.15) is 10.4 Å². The number of benzene rings is 1. The lowest BCUT2D eigenvalue weighted by atomic mass is 10.1. The maximum absolute atomic E-state index is 3.62. The molecule has 3 heteroatoms. The van der Waals surface area contributed by atoms with Crippen LogP contribution in [0.5, 0.6) is 0 Å². The van der Waals surface area contributed by atoms with Crippen molar-refractivity contribution in [1.82, 2.24) is 4.90 Å². The van der Waals surface area contributed by atoms with E-state index in [4.69, 9.17) is 0 Å². The molecule has 2 heterocycles. The van der Waals surface area contributed by atoms with Crippen molar-refractivity contribution in [3.63, 3.8) is 0 Å². The lowest BCUT2D eigenvalue weighted by Gasteiger charge is -2.21. The van der Waals surface area contributed by atoms with Gasteiger partial charge in [0.1, 0.15) is 0 Å². The summed E-state index contributed by atoms with van der Waals surface area (Å²) in [5, 5.41) is 5.78. The first-order valence-electron chi connectivity index (χ1n) is 6.86. The minimum absolute atomic E-state index is 0.561. The zero-order valence-corrected chi connectivity index (χ0v) is 12.1. The van der Waals surface area contributed by atoms with Gasteiger partial charge in [0.05, 0.1) is 0 Å². The van der Waals surface area contributed by atoms with Crippen LogP contribution in [0.3, 0.4) is 0 Å². The smallest absolute Gasteiger partial charge is 0.0429 e. The summed E-state index contributed by atoms with van der Waals surface area (Å²) in [7, 11) is 2.22.